The number of benzene rings is 1. The van der Waals surface area contributed by atoms with E-state index in [1.807, 2.05) is 18.2 Å². The Kier molecular flexibility index (Phi) is 4.08. The third kappa shape index (κ3) is 2.53. The highest BCUT2D eigenvalue weighted by atomic mass is 16.5. The molecule has 7 heteroatoms. The second kappa shape index (κ2) is 6.51. The SMILES string of the molecule is COc1ccc2c(c1)OC[C@@]1(CO)CN(C(=O)c3noc4c3CCCC4)C[C@@H]21. The van der Waals surface area contributed by atoms with Gasteiger partial charge in [-0.15, -0.1) is 0 Å². The molecule has 0 bridgehead atoms. The van der Waals surface area contributed by atoms with Crippen LogP contribution >= 0.6 is 0 Å². The topological polar surface area (TPSA) is 85.0 Å². The average molecular weight is 384 g/mol. The van der Waals surface area contributed by atoms with E-state index >= 15 is 0 Å². The highest BCUT2D eigenvalue weighted by Crippen LogP contribution is 2.50. The van der Waals surface area contributed by atoms with Gasteiger partial charge in [0.05, 0.1) is 25.7 Å². The van der Waals surface area contributed by atoms with Crippen molar-refractivity contribution in [3.05, 3.63) is 40.8 Å². The van der Waals surface area contributed by atoms with Crippen LogP contribution in [0.5, 0.6) is 11.5 Å². The molecule has 1 fully saturated rings. The number of aliphatic hydroxyl groups is 1. The first-order valence-electron chi connectivity index (χ1n) is 9.83. The Labute approximate surface area is 163 Å². The van der Waals surface area contributed by atoms with E-state index in [-0.39, 0.29) is 18.4 Å². The van der Waals surface area contributed by atoms with Gasteiger partial charge in [0.25, 0.3) is 5.91 Å². The van der Waals surface area contributed by atoms with Crippen LogP contribution < -0.4 is 9.47 Å². The Morgan fingerprint density at radius 2 is 2.25 bits per heavy atom. The number of hydrogen-bond donors (Lipinski definition) is 1. The molecule has 0 spiro atoms. The lowest BCUT2D eigenvalue weighted by atomic mass is 9.74. The highest BCUT2D eigenvalue weighted by molar-refractivity contribution is 5.94. The lowest BCUT2D eigenvalue weighted by Gasteiger charge is -2.37. The first-order valence-corrected chi connectivity index (χ1v) is 9.83. The van der Waals surface area contributed by atoms with E-state index in [0.717, 1.165) is 54.1 Å². The van der Waals surface area contributed by atoms with Gasteiger partial charge in [-0.25, -0.2) is 0 Å². The number of aromatic nitrogens is 1. The lowest BCUT2D eigenvalue weighted by Crippen LogP contribution is -2.42. The van der Waals surface area contributed by atoms with Crippen molar-refractivity contribution in [3.63, 3.8) is 0 Å². The van der Waals surface area contributed by atoms with E-state index in [2.05, 4.69) is 5.16 Å². The maximum Gasteiger partial charge on any atom is 0.276 e. The minimum Gasteiger partial charge on any atom is -0.497 e. The van der Waals surface area contributed by atoms with Gasteiger partial charge in [-0.1, -0.05) is 11.2 Å². The maximum atomic E-state index is 13.3. The number of ether oxygens (including phenoxy) is 2. The van der Waals surface area contributed by atoms with E-state index in [9.17, 15) is 9.90 Å². The van der Waals surface area contributed by atoms with Crippen molar-refractivity contribution in [1.82, 2.24) is 10.1 Å². The van der Waals surface area contributed by atoms with Crippen molar-refractivity contribution in [3.8, 4) is 11.5 Å². The second-order valence-corrected chi connectivity index (χ2v) is 8.09. The third-order valence-electron chi connectivity index (χ3n) is 6.51. The van der Waals surface area contributed by atoms with Gasteiger partial charge in [0.15, 0.2) is 5.69 Å². The number of rotatable bonds is 3. The predicted octanol–water partition coefficient (Wildman–Crippen LogP) is 2.17. The molecule has 1 saturated heterocycles. The Balaban J connectivity index is 1.46. The molecule has 148 valence electrons. The van der Waals surface area contributed by atoms with Crippen molar-refractivity contribution in [2.75, 3.05) is 33.4 Å². The van der Waals surface area contributed by atoms with E-state index in [4.69, 9.17) is 14.0 Å². The summed E-state index contributed by atoms with van der Waals surface area (Å²) in [7, 11) is 1.62. The van der Waals surface area contributed by atoms with Gasteiger partial charge in [0.1, 0.15) is 17.3 Å². The highest BCUT2D eigenvalue weighted by Gasteiger charge is 2.52. The van der Waals surface area contributed by atoms with Crippen molar-refractivity contribution in [2.24, 2.45) is 5.41 Å². The molecule has 3 aliphatic rings. The maximum absolute atomic E-state index is 13.3. The minimum absolute atomic E-state index is 0.0128. The zero-order chi connectivity index (χ0) is 19.3. The van der Waals surface area contributed by atoms with Crippen molar-refractivity contribution in [2.45, 2.75) is 31.6 Å². The smallest absolute Gasteiger partial charge is 0.276 e. The summed E-state index contributed by atoms with van der Waals surface area (Å²) in [5, 5.41) is 14.3. The summed E-state index contributed by atoms with van der Waals surface area (Å²) >= 11 is 0. The number of hydrogen-bond acceptors (Lipinski definition) is 6. The van der Waals surface area contributed by atoms with Gasteiger partial charge in [0.2, 0.25) is 0 Å². The predicted molar refractivity (Wildman–Crippen MR) is 99.8 cm³/mol. The van der Waals surface area contributed by atoms with Crippen LogP contribution in [0.4, 0.5) is 0 Å². The van der Waals surface area contributed by atoms with Crippen LogP contribution in [-0.2, 0) is 12.8 Å². The Bertz CT molecular complexity index is 924. The van der Waals surface area contributed by atoms with Crippen molar-refractivity contribution >= 4 is 5.91 Å². The third-order valence-corrected chi connectivity index (χ3v) is 6.51. The first-order chi connectivity index (χ1) is 13.6. The van der Waals surface area contributed by atoms with Crippen molar-refractivity contribution in [1.29, 1.82) is 0 Å². The molecule has 1 aromatic heterocycles. The summed E-state index contributed by atoms with van der Waals surface area (Å²) in [6, 6.07) is 5.75. The molecule has 3 heterocycles. The van der Waals surface area contributed by atoms with Gasteiger partial charge in [-0.2, -0.15) is 0 Å². The van der Waals surface area contributed by atoms with Crippen LogP contribution in [0, 0.1) is 5.41 Å². The van der Waals surface area contributed by atoms with Crippen molar-refractivity contribution < 1.29 is 23.9 Å². The molecular formula is C21H24N2O5. The molecule has 1 N–H and O–H groups in total. The molecule has 1 aromatic carbocycles. The van der Waals surface area contributed by atoms with Crippen LogP contribution in [0.25, 0.3) is 0 Å². The lowest BCUT2D eigenvalue weighted by molar-refractivity contribution is 0.0437. The van der Waals surface area contributed by atoms with E-state index in [1.165, 1.54) is 0 Å². The van der Waals surface area contributed by atoms with E-state index in [0.29, 0.717) is 25.4 Å². The Morgan fingerprint density at radius 3 is 3.07 bits per heavy atom. The molecule has 2 aromatic rings. The van der Waals surface area contributed by atoms with Gasteiger partial charge in [0, 0.05) is 42.6 Å². The molecule has 0 unspecified atom stereocenters. The largest absolute Gasteiger partial charge is 0.497 e. The average Bonchev–Trinajstić information content (AvgIpc) is 3.35. The summed E-state index contributed by atoms with van der Waals surface area (Å²) < 4.78 is 16.7. The number of carbonyl (C=O) groups is 1. The molecule has 2 atom stereocenters. The van der Waals surface area contributed by atoms with E-state index < -0.39 is 5.41 Å². The summed E-state index contributed by atoms with van der Waals surface area (Å²) in [6.45, 7) is 1.31. The van der Waals surface area contributed by atoms with Gasteiger partial charge < -0.3 is 24.0 Å². The Hall–Kier alpha value is -2.54. The standard InChI is InChI=1S/C21H24N2O5/c1-26-13-6-7-14-16-9-23(10-21(16,11-24)12-27-18(14)8-13)20(25)19-15-4-2-3-5-17(15)28-22-19/h6-8,16,24H,2-5,9-12H2,1H3/t16-,21-/m0/s1. The zero-order valence-electron chi connectivity index (χ0n) is 15.9. The summed E-state index contributed by atoms with van der Waals surface area (Å²) in [5.74, 6) is 2.25. The molecule has 2 aliphatic heterocycles. The Morgan fingerprint density at radius 1 is 1.39 bits per heavy atom. The number of fused-ring (bicyclic) bond motifs is 4. The van der Waals surface area contributed by atoms with Crippen LogP contribution in [-0.4, -0.2) is 54.5 Å². The summed E-state index contributed by atoms with van der Waals surface area (Å²) in [5.41, 5.74) is 1.92. The van der Waals surface area contributed by atoms with E-state index in [1.54, 1.807) is 12.0 Å². The van der Waals surface area contributed by atoms with Gasteiger partial charge >= 0.3 is 0 Å². The number of aryl methyl sites for hydroxylation is 1. The fourth-order valence-corrected chi connectivity index (χ4v) is 4.88. The summed E-state index contributed by atoms with van der Waals surface area (Å²) in [4.78, 5) is 15.1. The molecule has 28 heavy (non-hydrogen) atoms. The number of amides is 1. The molecule has 0 saturated carbocycles. The molecule has 7 nitrogen and oxygen atoms in total. The number of methoxy groups -OCH3 is 1. The molecule has 0 radical (unpaired) electrons. The molecular weight excluding hydrogens is 360 g/mol. The number of likely N-dealkylation sites (tertiary alicyclic amines) is 1. The fourth-order valence-electron chi connectivity index (χ4n) is 4.88. The van der Waals surface area contributed by atoms with Gasteiger partial charge in [-0.05, 0) is 25.3 Å². The second-order valence-electron chi connectivity index (χ2n) is 8.09. The number of nitrogens with zero attached hydrogens (tertiary/aromatic N) is 2. The molecule has 5 rings (SSSR count). The minimum atomic E-state index is -0.499. The monoisotopic (exact) mass is 384 g/mol. The van der Waals surface area contributed by atoms with Crippen LogP contribution in [0.1, 0.15) is 46.1 Å². The first kappa shape index (κ1) is 17.6. The zero-order valence-corrected chi connectivity index (χ0v) is 15.9. The molecule has 1 amide bonds. The normalized spacial score (nSPS) is 25.5. The number of aliphatic hydroxyl groups excluding tert-OH is 1. The quantitative estimate of drug-likeness (QED) is 0.873. The van der Waals surface area contributed by atoms with Gasteiger partial charge in [-0.3, -0.25) is 4.79 Å². The fraction of sp³-hybridized carbons (Fsp3) is 0.524. The van der Waals surface area contributed by atoms with Crippen LogP contribution in [0.2, 0.25) is 0 Å². The number of carbonyl (C=O) groups excluding carboxylic acids is 1. The van der Waals surface area contributed by atoms with Crippen LogP contribution in [0.3, 0.4) is 0 Å². The van der Waals surface area contributed by atoms with Crippen LogP contribution in [0.15, 0.2) is 22.7 Å². The summed E-state index contributed by atoms with van der Waals surface area (Å²) in [6.07, 6.45) is 3.82. The molecule has 1 aliphatic carbocycles.